The number of hydrogen-bond donors (Lipinski definition) is 0. The van der Waals surface area contributed by atoms with Crippen molar-refractivity contribution in [3.63, 3.8) is 0 Å². The Morgan fingerprint density at radius 3 is 1.34 bits per heavy atom. The standard InChI is InChI=1S/C32H24N2O4/c1-35-25-13-15-29-27(19-25)33-31(37-29)17-7-21-3-9-23(10-4-21)24-11-5-22(6-12-24)8-18-32-34-28-20-26(36-2)14-16-30(28)38-32/h3-20H,1-2H3/b17-7+,18-8+. The molecular weight excluding hydrogens is 476 g/mol. The van der Waals surface area contributed by atoms with E-state index in [-0.39, 0.29) is 0 Å². The fraction of sp³-hybridized carbons (Fsp3) is 0.0625. The van der Waals surface area contributed by atoms with Crippen molar-refractivity contribution in [3.05, 3.63) is 108 Å². The number of rotatable bonds is 7. The summed E-state index contributed by atoms with van der Waals surface area (Å²) in [5, 5.41) is 0. The van der Waals surface area contributed by atoms with E-state index in [1.165, 1.54) is 0 Å². The Balaban J connectivity index is 1.12. The fourth-order valence-electron chi connectivity index (χ4n) is 4.16. The van der Waals surface area contributed by atoms with Crippen LogP contribution in [-0.4, -0.2) is 24.2 Å². The molecule has 38 heavy (non-hydrogen) atoms. The van der Waals surface area contributed by atoms with Gasteiger partial charge < -0.3 is 18.3 Å². The lowest BCUT2D eigenvalue weighted by atomic mass is 10.0. The van der Waals surface area contributed by atoms with Gasteiger partial charge in [0, 0.05) is 24.3 Å². The van der Waals surface area contributed by atoms with Gasteiger partial charge in [-0.25, -0.2) is 9.97 Å². The molecule has 6 nitrogen and oxygen atoms in total. The maximum Gasteiger partial charge on any atom is 0.220 e. The molecule has 2 heterocycles. The van der Waals surface area contributed by atoms with E-state index < -0.39 is 0 Å². The lowest BCUT2D eigenvalue weighted by Gasteiger charge is -2.03. The van der Waals surface area contributed by atoms with Gasteiger partial charge in [0.25, 0.3) is 0 Å². The first-order valence-electron chi connectivity index (χ1n) is 12.1. The van der Waals surface area contributed by atoms with Crippen LogP contribution in [0.2, 0.25) is 0 Å². The average molecular weight is 501 g/mol. The SMILES string of the molecule is COc1ccc2oc(/C=C/c3ccc(-c4ccc(/C=C/c5nc6cc(OC)ccc6o5)cc4)cc3)nc2c1. The summed E-state index contributed by atoms with van der Waals surface area (Å²) in [5.74, 6) is 2.62. The third-order valence-corrected chi connectivity index (χ3v) is 6.21. The van der Waals surface area contributed by atoms with E-state index in [9.17, 15) is 0 Å². The Hall–Kier alpha value is -5.10. The zero-order chi connectivity index (χ0) is 25.9. The Labute approximate surface area is 219 Å². The van der Waals surface area contributed by atoms with Crippen LogP contribution in [0.5, 0.6) is 11.5 Å². The number of fused-ring (bicyclic) bond motifs is 2. The van der Waals surface area contributed by atoms with Gasteiger partial charge in [-0.15, -0.1) is 0 Å². The molecule has 0 aliphatic rings. The molecule has 6 heteroatoms. The molecule has 0 N–H and O–H groups in total. The van der Waals surface area contributed by atoms with E-state index in [0.29, 0.717) is 11.8 Å². The van der Waals surface area contributed by atoms with Crippen molar-refractivity contribution < 1.29 is 18.3 Å². The van der Waals surface area contributed by atoms with E-state index in [0.717, 1.165) is 56.0 Å². The van der Waals surface area contributed by atoms with Crippen LogP contribution in [0, 0.1) is 0 Å². The molecule has 0 spiro atoms. The number of nitrogens with zero attached hydrogens (tertiary/aromatic N) is 2. The van der Waals surface area contributed by atoms with E-state index in [2.05, 4.69) is 58.5 Å². The maximum atomic E-state index is 5.79. The van der Waals surface area contributed by atoms with Gasteiger partial charge in [0.1, 0.15) is 22.5 Å². The molecule has 0 fully saturated rings. The van der Waals surface area contributed by atoms with E-state index in [1.54, 1.807) is 14.2 Å². The summed E-state index contributed by atoms with van der Waals surface area (Å²) in [7, 11) is 3.27. The molecule has 0 atom stereocenters. The number of hydrogen-bond acceptors (Lipinski definition) is 6. The number of methoxy groups -OCH3 is 2. The zero-order valence-electron chi connectivity index (χ0n) is 20.9. The van der Waals surface area contributed by atoms with Crippen LogP contribution < -0.4 is 9.47 Å². The highest BCUT2D eigenvalue weighted by Gasteiger charge is 2.06. The molecule has 0 aliphatic heterocycles. The van der Waals surface area contributed by atoms with Gasteiger partial charge in [-0.05, 0) is 58.7 Å². The van der Waals surface area contributed by atoms with Crippen LogP contribution in [0.3, 0.4) is 0 Å². The van der Waals surface area contributed by atoms with Crippen LogP contribution in [0.4, 0.5) is 0 Å². The van der Waals surface area contributed by atoms with Gasteiger partial charge in [0.05, 0.1) is 14.2 Å². The minimum Gasteiger partial charge on any atom is -0.497 e. The molecule has 2 aromatic heterocycles. The summed E-state index contributed by atoms with van der Waals surface area (Å²) in [5.41, 5.74) is 7.40. The third kappa shape index (κ3) is 4.92. The van der Waals surface area contributed by atoms with Crippen molar-refractivity contribution in [1.29, 1.82) is 0 Å². The third-order valence-electron chi connectivity index (χ3n) is 6.21. The molecule has 6 aromatic rings. The van der Waals surface area contributed by atoms with Crippen LogP contribution in [-0.2, 0) is 0 Å². The largest absolute Gasteiger partial charge is 0.497 e. The summed E-state index contributed by atoms with van der Waals surface area (Å²) >= 11 is 0. The van der Waals surface area contributed by atoms with Crippen molar-refractivity contribution in [2.45, 2.75) is 0 Å². The smallest absolute Gasteiger partial charge is 0.220 e. The summed E-state index contributed by atoms with van der Waals surface area (Å²) in [6, 6.07) is 27.9. The monoisotopic (exact) mass is 500 g/mol. The fourth-order valence-corrected chi connectivity index (χ4v) is 4.16. The lowest BCUT2D eigenvalue weighted by molar-refractivity contribution is 0.415. The highest BCUT2D eigenvalue weighted by Crippen LogP contribution is 2.25. The molecule has 0 saturated carbocycles. The molecule has 0 aliphatic carbocycles. The highest BCUT2D eigenvalue weighted by atomic mass is 16.5. The van der Waals surface area contributed by atoms with Gasteiger partial charge in [-0.2, -0.15) is 0 Å². The minimum atomic E-state index is 0.554. The highest BCUT2D eigenvalue weighted by molar-refractivity contribution is 5.79. The molecule has 0 amide bonds. The quantitative estimate of drug-likeness (QED) is 0.221. The Bertz CT molecular complexity index is 1640. The zero-order valence-corrected chi connectivity index (χ0v) is 20.9. The van der Waals surface area contributed by atoms with Gasteiger partial charge in [-0.1, -0.05) is 48.5 Å². The van der Waals surface area contributed by atoms with Gasteiger partial charge >= 0.3 is 0 Å². The van der Waals surface area contributed by atoms with Crippen LogP contribution in [0.1, 0.15) is 22.9 Å². The summed E-state index contributed by atoms with van der Waals surface area (Å²) in [6.07, 6.45) is 7.72. The van der Waals surface area contributed by atoms with Crippen LogP contribution >= 0.6 is 0 Å². The maximum absolute atomic E-state index is 5.79. The van der Waals surface area contributed by atoms with Crippen molar-refractivity contribution >= 4 is 46.5 Å². The Morgan fingerprint density at radius 2 is 0.947 bits per heavy atom. The Morgan fingerprint density at radius 1 is 0.526 bits per heavy atom. The molecule has 4 aromatic carbocycles. The normalized spacial score (nSPS) is 11.7. The first-order valence-corrected chi connectivity index (χ1v) is 12.1. The van der Waals surface area contributed by atoms with Crippen molar-refractivity contribution in [3.8, 4) is 22.6 Å². The second kappa shape index (κ2) is 10.1. The summed E-state index contributed by atoms with van der Waals surface area (Å²) in [6.45, 7) is 0. The van der Waals surface area contributed by atoms with Crippen LogP contribution in [0.25, 0.3) is 57.6 Å². The minimum absolute atomic E-state index is 0.554. The molecular formula is C32H24N2O4. The molecule has 0 bridgehead atoms. The van der Waals surface area contributed by atoms with Crippen molar-refractivity contribution in [2.75, 3.05) is 14.2 Å². The number of ether oxygens (including phenoxy) is 2. The predicted octanol–water partition coefficient (Wildman–Crippen LogP) is 7.99. The lowest BCUT2D eigenvalue weighted by Crippen LogP contribution is -1.81. The van der Waals surface area contributed by atoms with E-state index in [1.807, 2.05) is 60.7 Å². The van der Waals surface area contributed by atoms with E-state index in [4.69, 9.17) is 18.3 Å². The summed E-state index contributed by atoms with van der Waals surface area (Å²) in [4.78, 5) is 9.02. The molecule has 186 valence electrons. The van der Waals surface area contributed by atoms with Crippen molar-refractivity contribution in [1.82, 2.24) is 9.97 Å². The molecule has 6 rings (SSSR count). The Kier molecular flexibility index (Phi) is 6.20. The molecule has 0 radical (unpaired) electrons. The van der Waals surface area contributed by atoms with Crippen molar-refractivity contribution in [2.24, 2.45) is 0 Å². The summed E-state index contributed by atoms with van der Waals surface area (Å²) < 4.78 is 22.1. The number of aromatic nitrogens is 2. The van der Waals surface area contributed by atoms with E-state index >= 15 is 0 Å². The second-order valence-electron chi connectivity index (χ2n) is 8.68. The molecule has 0 unspecified atom stereocenters. The van der Waals surface area contributed by atoms with Gasteiger partial charge in [0.2, 0.25) is 11.8 Å². The van der Waals surface area contributed by atoms with Gasteiger partial charge in [0.15, 0.2) is 11.2 Å². The number of benzene rings is 4. The molecule has 0 saturated heterocycles. The first kappa shape index (κ1) is 23.3. The second-order valence-corrected chi connectivity index (χ2v) is 8.68. The first-order chi connectivity index (χ1) is 18.7. The predicted molar refractivity (Wildman–Crippen MR) is 151 cm³/mol. The topological polar surface area (TPSA) is 70.5 Å². The number of oxazole rings is 2. The van der Waals surface area contributed by atoms with Gasteiger partial charge in [-0.3, -0.25) is 0 Å². The van der Waals surface area contributed by atoms with Crippen LogP contribution in [0.15, 0.2) is 93.8 Å². The average Bonchev–Trinajstić information content (AvgIpc) is 3.58.